The number of pyridine rings is 1. The standard InChI is InChI=1S/C11H16N6/c1-3-13-11(12-2)14-8-10-16-15-9-6-4-5-7-17(9)10/h4-7H,3,8H2,1-2H3,(H2,12,13,14). The molecule has 0 bridgehead atoms. The van der Waals surface area contributed by atoms with Crippen LogP contribution in [0, 0.1) is 0 Å². The average molecular weight is 232 g/mol. The van der Waals surface area contributed by atoms with E-state index >= 15 is 0 Å². The van der Waals surface area contributed by atoms with Crippen LogP contribution in [0.15, 0.2) is 29.4 Å². The van der Waals surface area contributed by atoms with E-state index in [-0.39, 0.29) is 0 Å². The molecule has 0 amide bonds. The van der Waals surface area contributed by atoms with Gasteiger partial charge in [0.05, 0.1) is 6.54 Å². The second kappa shape index (κ2) is 5.29. The number of rotatable bonds is 3. The van der Waals surface area contributed by atoms with Crippen LogP contribution in [-0.2, 0) is 6.54 Å². The van der Waals surface area contributed by atoms with Crippen molar-refractivity contribution < 1.29 is 0 Å². The quantitative estimate of drug-likeness (QED) is 0.594. The maximum absolute atomic E-state index is 4.13. The zero-order valence-electron chi connectivity index (χ0n) is 10.0. The van der Waals surface area contributed by atoms with Crippen LogP contribution in [0.5, 0.6) is 0 Å². The summed E-state index contributed by atoms with van der Waals surface area (Å²) < 4.78 is 1.95. The van der Waals surface area contributed by atoms with Crippen LogP contribution in [-0.4, -0.2) is 34.2 Å². The predicted molar refractivity (Wildman–Crippen MR) is 66.9 cm³/mol. The van der Waals surface area contributed by atoms with E-state index in [1.807, 2.05) is 35.7 Å². The molecule has 0 aliphatic rings. The van der Waals surface area contributed by atoms with Crippen LogP contribution in [0.25, 0.3) is 5.65 Å². The van der Waals surface area contributed by atoms with Crippen molar-refractivity contribution in [1.82, 2.24) is 25.2 Å². The summed E-state index contributed by atoms with van der Waals surface area (Å²) in [5.41, 5.74) is 0.850. The molecule has 0 saturated heterocycles. The van der Waals surface area contributed by atoms with Crippen LogP contribution in [0.4, 0.5) is 0 Å². The molecule has 2 heterocycles. The Morgan fingerprint density at radius 1 is 1.35 bits per heavy atom. The number of hydrogen-bond acceptors (Lipinski definition) is 3. The van der Waals surface area contributed by atoms with E-state index < -0.39 is 0 Å². The molecule has 0 atom stereocenters. The zero-order valence-corrected chi connectivity index (χ0v) is 10.0. The van der Waals surface area contributed by atoms with Crippen LogP contribution in [0.1, 0.15) is 12.7 Å². The lowest BCUT2D eigenvalue weighted by molar-refractivity contribution is 0.772. The Hall–Kier alpha value is -2.11. The molecule has 0 radical (unpaired) electrons. The predicted octanol–water partition coefficient (Wildman–Crippen LogP) is 0.414. The summed E-state index contributed by atoms with van der Waals surface area (Å²) in [4.78, 5) is 4.09. The van der Waals surface area contributed by atoms with Gasteiger partial charge in [-0.25, -0.2) is 0 Å². The minimum Gasteiger partial charge on any atom is -0.357 e. The SMILES string of the molecule is CCNC(=NC)NCc1nnc2ccccn12. The third-order valence-electron chi connectivity index (χ3n) is 2.37. The number of fused-ring (bicyclic) bond motifs is 1. The molecule has 90 valence electrons. The molecule has 2 aromatic rings. The zero-order chi connectivity index (χ0) is 12.1. The highest BCUT2D eigenvalue weighted by atomic mass is 15.3. The number of nitrogens with one attached hydrogen (secondary N) is 2. The lowest BCUT2D eigenvalue weighted by atomic mass is 10.4. The number of hydrogen-bond donors (Lipinski definition) is 2. The van der Waals surface area contributed by atoms with Gasteiger partial charge in [-0.05, 0) is 19.1 Å². The van der Waals surface area contributed by atoms with Gasteiger partial charge in [-0.2, -0.15) is 0 Å². The van der Waals surface area contributed by atoms with Crippen LogP contribution >= 0.6 is 0 Å². The summed E-state index contributed by atoms with van der Waals surface area (Å²) >= 11 is 0. The summed E-state index contributed by atoms with van der Waals surface area (Å²) in [7, 11) is 1.74. The van der Waals surface area contributed by atoms with Crippen molar-refractivity contribution in [3.63, 3.8) is 0 Å². The molecule has 0 fully saturated rings. The van der Waals surface area contributed by atoms with Crippen molar-refractivity contribution in [1.29, 1.82) is 0 Å². The summed E-state index contributed by atoms with van der Waals surface area (Å²) in [5.74, 6) is 1.62. The topological polar surface area (TPSA) is 66.6 Å². The fraction of sp³-hybridized carbons (Fsp3) is 0.364. The number of guanidine groups is 1. The summed E-state index contributed by atoms with van der Waals surface area (Å²) in [5, 5.41) is 14.5. The summed E-state index contributed by atoms with van der Waals surface area (Å²) in [6, 6.07) is 5.83. The Balaban J connectivity index is 2.09. The molecule has 0 aliphatic carbocycles. The first-order valence-electron chi connectivity index (χ1n) is 5.58. The highest BCUT2D eigenvalue weighted by molar-refractivity contribution is 5.79. The fourth-order valence-corrected chi connectivity index (χ4v) is 1.56. The molecule has 6 heteroatoms. The van der Waals surface area contributed by atoms with E-state index in [9.17, 15) is 0 Å². The minimum atomic E-state index is 0.588. The average Bonchev–Trinajstić information content (AvgIpc) is 2.78. The fourth-order valence-electron chi connectivity index (χ4n) is 1.56. The van der Waals surface area contributed by atoms with E-state index in [2.05, 4.69) is 25.8 Å². The normalized spacial score (nSPS) is 11.8. The molecule has 0 unspecified atom stereocenters. The summed E-state index contributed by atoms with van der Waals surface area (Å²) in [6.45, 7) is 3.45. The molecule has 6 nitrogen and oxygen atoms in total. The number of nitrogens with zero attached hydrogens (tertiary/aromatic N) is 4. The molecule has 2 aromatic heterocycles. The second-order valence-corrected chi connectivity index (χ2v) is 3.50. The Labute approximate surface area is 99.8 Å². The second-order valence-electron chi connectivity index (χ2n) is 3.50. The largest absolute Gasteiger partial charge is 0.357 e. The van der Waals surface area contributed by atoms with Crippen LogP contribution < -0.4 is 10.6 Å². The van der Waals surface area contributed by atoms with Gasteiger partial charge < -0.3 is 10.6 Å². The van der Waals surface area contributed by atoms with Crippen molar-refractivity contribution in [2.75, 3.05) is 13.6 Å². The van der Waals surface area contributed by atoms with E-state index in [0.29, 0.717) is 6.54 Å². The third kappa shape index (κ3) is 2.52. The molecule has 0 aromatic carbocycles. The maximum Gasteiger partial charge on any atom is 0.191 e. The van der Waals surface area contributed by atoms with Crippen molar-refractivity contribution >= 4 is 11.6 Å². The first-order valence-corrected chi connectivity index (χ1v) is 5.58. The molecule has 17 heavy (non-hydrogen) atoms. The lowest BCUT2D eigenvalue weighted by Gasteiger charge is -2.08. The molecule has 2 rings (SSSR count). The van der Waals surface area contributed by atoms with E-state index in [1.165, 1.54) is 0 Å². The Bertz CT molecular complexity index is 515. The number of aliphatic imine (C=N–C) groups is 1. The minimum absolute atomic E-state index is 0.588. The monoisotopic (exact) mass is 232 g/mol. The van der Waals surface area contributed by atoms with Crippen molar-refractivity contribution in [3.05, 3.63) is 30.2 Å². The Morgan fingerprint density at radius 2 is 2.24 bits per heavy atom. The maximum atomic E-state index is 4.13. The smallest absolute Gasteiger partial charge is 0.191 e. The van der Waals surface area contributed by atoms with E-state index in [0.717, 1.165) is 24.0 Å². The highest BCUT2D eigenvalue weighted by Gasteiger charge is 2.04. The molecule has 0 spiro atoms. The Morgan fingerprint density at radius 3 is 3.00 bits per heavy atom. The van der Waals surface area contributed by atoms with Crippen molar-refractivity contribution in [2.24, 2.45) is 4.99 Å². The van der Waals surface area contributed by atoms with Crippen LogP contribution in [0.3, 0.4) is 0 Å². The van der Waals surface area contributed by atoms with Gasteiger partial charge in [0.25, 0.3) is 0 Å². The van der Waals surface area contributed by atoms with Gasteiger partial charge >= 0.3 is 0 Å². The summed E-state index contributed by atoms with van der Waals surface area (Å²) in [6.07, 6.45) is 1.95. The lowest BCUT2D eigenvalue weighted by Crippen LogP contribution is -2.36. The van der Waals surface area contributed by atoms with E-state index in [1.54, 1.807) is 7.05 Å². The van der Waals surface area contributed by atoms with Gasteiger partial charge in [-0.15, -0.1) is 10.2 Å². The van der Waals surface area contributed by atoms with Crippen molar-refractivity contribution in [3.8, 4) is 0 Å². The third-order valence-corrected chi connectivity index (χ3v) is 2.37. The molecule has 2 N–H and O–H groups in total. The van der Waals surface area contributed by atoms with E-state index in [4.69, 9.17) is 0 Å². The highest BCUT2D eigenvalue weighted by Crippen LogP contribution is 2.01. The molecular formula is C11H16N6. The van der Waals surface area contributed by atoms with Gasteiger partial charge in [-0.1, -0.05) is 6.07 Å². The van der Waals surface area contributed by atoms with Gasteiger partial charge in [-0.3, -0.25) is 9.39 Å². The molecule has 0 saturated carbocycles. The molecule has 0 aliphatic heterocycles. The van der Waals surface area contributed by atoms with Crippen LogP contribution in [0.2, 0.25) is 0 Å². The van der Waals surface area contributed by atoms with Gasteiger partial charge in [0.2, 0.25) is 0 Å². The van der Waals surface area contributed by atoms with Gasteiger partial charge in [0.15, 0.2) is 17.4 Å². The van der Waals surface area contributed by atoms with Crippen molar-refractivity contribution in [2.45, 2.75) is 13.5 Å². The first-order chi connectivity index (χ1) is 8.35. The Kier molecular flexibility index (Phi) is 3.54. The first kappa shape index (κ1) is 11.4. The molecular weight excluding hydrogens is 216 g/mol. The number of aromatic nitrogens is 3. The van der Waals surface area contributed by atoms with Gasteiger partial charge in [0, 0.05) is 19.8 Å². The van der Waals surface area contributed by atoms with Gasteiger partial charge in [0.1, 0.15) is 0 Å².